The lowest BCUT2D eigenvalue weighted by molar-refractivity contribution is 0.0222. The fraction of sp³-hybridized carbons (Fsp3) is 0.706. The molecule has 1 unspecified atom stereocenters. The highest BCUT2D eigenvalue weighted by Crippen LogP contribution is 2.27. The number of aryl methyl sites for hydroxylation is 1. The van der Waals surface area contributed by atoms with E-state index in [1.54, 1.807) is 9.80 Å². The molecule has 2 aliphatic rings. The van der Waals surface area contributed by atoms with Crippen LogP contribution in [0.1, 0.15) is 55.9 Å². The number of nitrogens with zero attached hydrogens (tertiary/aromatic N) is 4. The average molecular weight is 334 g/mol. The van der Waals surface area contributed by atoms with Crippen LogP contribution >= 0.6 is 0 Å². The summed E-state index contributed by atoms with van der Waals surface area (Å²) in [5, 5.41) is 4.63. The maximum absolute atomic E-state index is 12.8. The molecule has 24 heavy (non-hydrogen) atoms. The third kappa shape index (κ3) is 2.99. The predicted molar refractivity (Wildman–Crippen MR) is 88.7 cm³/mol. The molecule has 7 heteroatoms. The zero-order valence-corrected chi connectivity index (χ0v) is 15.1. The first-order valence-electron chi connectivity index (χ1n) is 8.51. The molecular formula is C17H26N4O3. The van der Waals surface area contributed by atoms with E-state index in [1.165, 1.54) is 0 Å². The van der Waals surface area contributed by atoms with Crippen molar-refractivity contribution < 1.29 is 14.3 Å². The van der Waals surface area contributed by atoms with Crippen molar-refractivity contribution in [2.24, 2.45) is 0 Å². The van der Waals surface area contributed by atoms with Crippen LogP contribution in [0.15, 0.2) is 0 Å². The van der Waals surface area contributed by atoms with Crippen LogP contribution in [-0.2, 0) is 24.2 Å². The summed E-state index contributed by atoms with van der Waals surface area (Å²) in [7, 11) is 1.83. The van der Waals surface area contributed by atoms with Gasteiger partial charge in [-0.1, -0.05) is 0 Å². The Hall–Kier alpha value is -2.05. The Morgan fingerprint density at radius 3 is 2.67 bits per heavy atom. The second kappa shape index (κ2) is 5.79. The number of carbonyl (C=O) groups is 2. The summed E-state index contributed by atoms with van der Waals surface area (Å²) in [5.74, 6) is -0.0141. The molecule has 0 saturated heterocycles. The molecule has 0 bridgehead atoms. The van der Waals surface area contributed by atoms with Crippen molar-refractivity contribution in [3.8, 4) is 0 Å². The minimum Gasteiger partial charge on any atom is -0.444 e. The van der Waals surface area contributed by atoms with Gasteiger partial charge in [0.1, 0.15) is 11.3 Å². The van der Waals surface area contributed by atoms with E-state index in [2.05, 4.69) is 5.10 Å². The molecule has 0 aliphatic carbocycles. The first-order valence-corrected chi connectivity index (χ1v) is 8.51. The Morgan fingerprint density at radius 1 is 1.29 bits per heavy atom. The molecule has 3 heterocycles. The van der Waals surface area contributed by atoms with Crippen LogP contribution < -0.4 is 0 Å². The largest absolute Gasteiger partial charge is 0.444 e. The van der Waals surface area contributed by atoms with E-state index in [0.717, 1.165) is 24.2 Å². The maximum Gasteiger partial charge on any atom is 0.410 e. The highest BCUT2D eigenvalue weighted by Gasteiger charge is 2.35. The van der Waals surface area contributed by atoms with Gasteiger partial charge in [-0.25, -0.2) is 4.79 Å². The van der Waals surface area contributed by atoms with Gasteiger partial charge < -0.3 is 14.5 Å². The maximum atomic E-state index is 12.8. The van der Waals surface area contributed by atoms with E-state index in [1.807, 2.05) is 39.4 Å². The van der Waals surface area contributed by atoms with Crippen LogP contribution in [-0.4, -0.2) is 56.8 Å². The standard InChI is InChI=1S/C17H26N4O3/c1-11-6-9-21-14(15(22)19(11)5)12-10-20(8-7-13(12)18-21)16(23)24-17(2,3)4/h11H,6-10H2,1-5H3. The summed E-state index contributed by atoms with van der Waals surface area (Å²) in [6, 6.07) is 0.181. The topological polar surface area (TPSA) is 67.7 Å². The normalized spacial score (nSPS) is 21.2. The Morgan fingerprint density at radius 2 is 2.00 bits per heavy atom. The molecule has 0 fully saturated rings. The second-order valence-corrected chi connectivity index (χ2v) is 7.70. The molecule has 0 saturated carbocycles. The fourth-order valence-corrected chi connectivity index (χ4v) is 3.18. The van der Waals surface area contributed by atoms with E-state index in [0.29, 0.717) is 25.2 Å². The first-order chi connectivity index (χ1) is 11.2. The van der Waals surface area contributed by atoms with Crippen molar-refractivity contribution in [2.75, 3.05) is 13.6 Å². The molecule has 0 N–H and O–H groups in total. The zero-order chi connectivity index (χ0) is 17.6. The van der Waals surface area contributed by atoms with Gasteiger partial charge in [-0.3, -0.25) is 9.48 Å². The van der Waals surface area contributed by atoms with Gasteiger partial charge in [-0.2, -0.15) is 5.10 Å². The monoisotopic (exact) mass is 334 g/mol. The molecule has 1 atom stereocenters. The minimum atomic E-state index is -0.529. The van der Waals surface area contributed by atoms with E-state index in [4.69, 9.17) is 4.74 Å². The number of fused-ring (bicyclic) bond motifs is 3. The van der Waals surface area contributed by atoms with Gasteiger partial charge in [0.2, 0.25) is 0 Å². The van der Waals surface area contributed by atoms with Gasteiger partial charge in [0.15, 0.2) is 0 Å². The molecule has 2 amide bonds. The lowest BCUT2D eigenvalue weighted by Crippen LogP contribution is -2.40. The van der Waals surface area contributed by atoms with Crippen LogP contribution in [0.2, 0.25) is 0 Å². The van der Waals surface area contributed by atoms with E-state index < -0.39 is 5.60 Å². The summed E-state index contributed by atoms with van der Waals surface area (Å²) in [6.07, 6.45) is 1.20. The van der Waals surface area contributed by atoms with Crippen LogP contribution in [0.4, 0.5) is 4.79 Å². The quantitative estimate of drug-likeness (QED) is 0.728. The molecule has 2 aliphatic heterocycles. The van der Waals surface area contributed by atoms with E-state index >= 15 is 0 Å². The molecule has 7 nitrogen and oxygen atoms in total. The Labute approximate surface area is 142 Å². The first kappa shape index (κ1) is 16.8. The van der Waals surface area contributed by atoms with E-state index in [9.17, 15) is 9.59 Å². The van der Waals surface area contributed by atoms with Gasteiger partial charge in [0, 0.05) is 38.2 Å². The second-order valence-electron chi connectivity index (χ2n) is 7.70. The molecule has 1 aromatic rings. The third-order valence-corrected chi connectivity index (χ3v) is 4.70. The number of aromatic nitrogens is 2. The van der Waals surface area contributed by atoms with Crippen molar-refractivity contribution >= 4 is 12.0 Å². The van der Waals surface area contributed by atoms with Gasteiger partial charge in [-0.05, 0) is 34.1 Å². The number of hydrogen-bond acceptors (Lipinski definition) is 4. The van der Waals surface area contributed by atoms with E-state index in [-0.39, 0.29) is 18.0 Å². The van der Waals surface area contributed by atoms with Gasteiger partial charge >= 0.3 is 6.09 Å². The fourth-order valence-electron chi connectivity index (χ4n) is 3.18. The van der Waals surface area contributed by atoms with Crippen molar-refractivity contribution in [2.45, 2.75) is 65.3 Å². The summed E-state index contributed by atoms with van der Waals surface area (Å²) in [4.78, 5) is 28.6. The number of rotatable bonds is 0. The summed E-state index contributed by atoms with van der Waals surface area (Å²) >= 11 is 0. The van der Waals surface area contributed by atoms with Crippen molar-refractivity contribution in [3.63, 3.8) is 0 Å². The number of carbonyl (C=O) groups excluding carboxylic acids is 2. The smallest absolute Gasteiger partial charge is 0.410 e. The molecule has 1 aromatic heterocycles. The van der Waals surface area contributed by atoms with Crippen LogP contribution in [0.25, 0.3) is 0 Å². The highest BCUT2D eigenvalue weighted by molar-refractivity contribution is 5.94. The molecule has 0 aromatic carbocycles. The zero-order valence-electron chi connectivity index (χ0n) is 15.1. The van der Waals surface area contributed by atoms with Crippen LogP contribution in [0.5, 0.6) is 0 Å². The van der Waals surface area contributed by atoms with Gasteiger partial charge in [-0.15, -0.1) is 0 Å². The van der Waals surface area contributed by atoms with Crippen LogP contribution in [0, 0.1) is 0 Å². The summed E-state index contributed by atoms with van der Waals surface area (Å²) in [5.41, 5.74) is 1.91. The molecule has 3 rings (SSSR count). The third-order valence-electron chi connectivity index (χ3n) is 4.70. The molecule has 132 valence electrons. The Kier molecular flexibility index (Phi) is 4.05. The summed E-state index contributed by atoms with van der Waals surface area (Å²) < 4.78 is 7.29. The van der Waals surface area contributed by atoms with Gasteiger partial charge in [0.05, 0.1) is 12.2 Å². The predicted octanol–water partition coefficient (Wildman–Crippen LogP) is 2.04. The molecule has 0 spiro atoms. The van der Waals surface area contributed by atoms with Crippen molar-refractivity contribution in [1.29, 1.82) is 0 Å². The lowest BCUT2D eigenvalue weighted by Gasteiger charge is -2.30. The highest BCUT2D eigenvalue weighted by atomic mass is 16.6. The minimum absolute atomic E-state index is 0.0141. The number of hydrogen-bond donors (Lipinski definition) is 0. The molecule has 0 radical (unpaired) electrons. The Bertz CT molecular complexity index is 674. The average Bonchev–Trinajstić information content (AvgIpc) is 2.82. The van der Waals surface area contributed by atoms with Crippen molar-refractivity contribution in [1.82, 2.24) is 19.6 Å². The van der Waals surface area contributed by atoms with Gasteiger partial charge in [0.25, 0.3) is 5.91 Å². The number of ether oxygens (including phenoxy) is 1. The summed E-state index contributed by atoms with van der Waals surface area (Å²) in [6.45, 7) is 9.28. The molecular weight excluding hydrogens is 308 g/mol. The SMILES string of the molecule is CC1CCn2nc3c(c2C(=O)N1C)CN(C(=O)OC(C)(C)C)CC3. The Balaban J connectivity index is 1.88. The lowest BCUT2D eigenvalue weighted by atomic mass is 10.0. The van der Waals surface area contributed by atoms with Crippen LogP contribution in [0.3, 0.4) is 0 Å². The van der Waals surface area contributed by atoms with Crippen molar-refractivity contribution in [3.05, 3.63) is 17.0 Å². The number of amides is 2.